The highest BCUT2D eigenvalue weighted by Gasteiger charge is 2.33. The van der Waals surface area contributed by atoms with Crippen molar-refractivity contribution in [3.8, 4) is 0 Å². The van der Waals surface area contributed by atoms with Gasteiger partial charge in [0.15, 0.2) is 0 Å². The van der Waals surface area contributed by atoms with Crippen molar-refractivity contribution in [2.24, 2.45) is 0 Å². The molecule has 1 aliphatic rings. The average Bonchev–Trinajstić information content (AvgIpc) is 2.77. The molecule has 0 bridgehead atoms. The van der Waals surface area contributed by atoms with Crippen LogP contribution in [0.4, 0.5) is 17.1 Å². The van der Waals surface area contributed by atoms with Gasteiger partial charge in [0.1, 0.15) is 11.7 Å². The molecular formula is C14H10BrN3O3. The number of nitro benzene ring substituents is 1. The van der Waals surface area contributed by atoms with Crippen LogP contribution in [0.15, 0.2) is 46.9 Å². The highest BCUT2D eigenvalue weighted by molar-refractivity contribution is 9.10. The van der Waals surface area contributed by atoms with Gasteiger partial charge in [-0.1, -0.05) is 34.1 Å². The van der Waals surface area contributed by atoms with Gasteiger partial charge in [0.05, 0.1) is 4.92 Å². The van der Waals surface area contributed by atoms with Gasteiger partial charge in [-0.05, 0) is 18.2 Å². The highest BCUT2D eigenvalue weighted by atomic mass is 79.9. The topological polar surface area (TPSA) is 84.3 Å². The van der Waals surface area contributed by atoms with Crippen LogP contribution in [0, 0.1) is 10.1 Å². The summed E-state index contributed by atoms with van der Waals surface area (Å²) in [5.41, 5.74) is 1.70. The van der Waals surface area contributed by atoms with Crippen LogP contribution < -0.4 is 10.6 Å². The van der Waals surface area contributed by atoms with E-state index in [-0.39, 0.29) is 11.6 Å². The lowest BCUT2D eigenvalue weighted by Gasteiger charge is -2.14. The molecule has 0 saturated carbocycles. The summed E-state index contributed by atoms with van der Waals surface area (Å²) in [5, 5.41) is 16.8. The lowest BCUT2D eigenvalue weighted by atomic mass is 10.1. The number of carbonyl (C=O) groups excluding carboxylic acids is 1. The van der Waals surface area contributed by atoms with Gasteiger partial charge in [0.2, 0.25) is 0 Å². The van der Waals surface area contributed by atoms with Crippen molar-refractivity contribution in [2.75, 3.05) is 10.6 Å². The van der Waals surface area contributed by atoms with E-state index in [1.807, 2.05) is 12.1 Å². The van der Waals surface area contributed by atoms with E-state index >= 15 is 0 Å². The van der Waals surface area contributed by atoms with E-state index in [1.165, 1.54) is 6.07 Å². The second-order valence-electron chi connectivity index (χ2n) is 4.54. The van der Waals surface area contributed by atoms with Gasteiger partial charge in [-0.2, -0.15) is 0 Å². The van der Waals surface area contributed by atoms with E-state index in [0.29, 0.717) is 11.4 Å². The summed E-state index contributed by atoms with van der Waals surface area (Å²) in [4.78, 5) is 22.7. The molecule has 2 aromatic rings. The molecule has 1 atom stereocenters. The van der Waals surface area contributed by atoms with Crippen LogP contribution in [-0.4, -0.2) is 10.8 Å². The smallest absolute Gasteiger partial charge is 0.292 e. The first-order valence-corrected chi connectivity index (χ1v) is 6.96. The third-order valence-corrected chi connectivity index (χ3v) is 3.95. The Morgan fingerprint density at radius 1 is 1.19 bits per heavy atom. The Morgan fingerprint density at radius 3 is 2.71 bits per heavy atom. The molecule has 0 radical (unpaired) electrons. The van der Waals surface area contributed by atoms with Gasteiger partial charge in [-0.15, -0.1) is 0 Å². The van der Waals surface area contributed by atoms with Crippen LogP contribution in [0.5, 0.6) is 0 Å². The van der Waals surface area contributed by atoms with Crippen molar-refractivity contribution < 1.29 is 9.72 Å². The molecule has 106 valence electrons. The molecule has 6 nitrogen and oxygen atoms in total. The zero-order valence-corrected chi connectivity index (χ0v) is 12.3. The predicted molar refractivity (Wildman–Crippen MR) is 82.2 cm³/mol. The molecule has 1 aliphatic heterocycles. The quantitative estimate of drug-likeness (QED) is 0.657. The van der Waals surface area contributed by atoms with Crippen molar-refractivity contribution in [3.05, 3.63) is 62.6 Å². The number of hydrogen-bond donors (Lipinski definition) is 2. The fraction of sp³-hybridized carbons (Fsp3) is 0.0714. The summed E-state index contributed by atoms with van der Waals surface area (Å²) in [5.74, 6) is -0.241. The van der Waals surface area contributed by atoms with E-state index in [2.05, 4.69) is 26.6 Å². The van der Waals surface area contributed by atoms with Gasteiger partial charge in [-0.25, -0.2) is 0 Å². The monoisotopic (exact) mass is 347 g/mol. The number of hydrogen-bond acceptors (Lipinski definition) is 4. The molecule has 2 N–H and O–H groups in total. The largest absolute Gasteiger partial charge is 0.364 e. The fourth-order valence-electron chi connectivity index (χ4n) is 2.32. The third kappa shape index (κ3) is 2.36. The van der Waals surface area contributed by atoms with E-state index in [0.717, 1.165) is 10.0 Å². The van der Waals surface area contributed by atoms with Crippen molar-refractivity contribution in [1.29, 1.82) is 0 Å². The lowest BCUT2D eigenvalue weighted by Crippen LogP contribution is -2.20. The number of anilines is 2. The molecule has 2 aromatic carbocycles. The molecular weight excluding hydrogens is 338 g/mol. The summed E-state index contributed by atoms with van der Waals surface area (Å²) in [7, 11) is 0. The van der Waals surface area contributed by atoms with Crippen LogP contribution >= 0.6 is 15.9 Å². The summed E-state index contributed by atoms with van der Waals surface area (Å²) >= 11 is 3.41. The number of nitrogens with one attached hydrogen (secondary N) is 2. The molecule has 0 aromatic heterocycles. The Bertz CT molecular complexity index is 748. The molecule has 3 rings (SSSR count). The van der Waals surface area contributed by atoms with E-state index in [9.17, 15) is 14.9 Å². The van der Waals surface area contributed by atoms with Gasteiger partial charge >= 0.3 is 0 Å². The number of carbonyl (C=O) groups is 1. The molecule has 1 heterocycles. The van der Waals surface area contributed by atoms with E-state index in [1.54, 1.807) is 24.3 Å². The van der Waals surface area contributed by atoms with Crippen molar-refractivity contribution in [3.63, 3.8) is 0 Å². The minimum absolute atomic E-state index is 0.0641. The molecule has 1 amide bonds. The van der Waals surface area contributed by atoms with Gasteiger partial charge in [-0.3, -0.25) is 14.9 Å². The number of nitro groups is 1. The van der Waals surface area contributed by atoms with Crippen molar-refractivity contribution in [1.82, 2.24) is 0 Å². The Morgan fingerprint density at radius 2 is 1.95 bits per heavy atom. The first kappa shape index (κ1) is 13.6. The highest BCUT2D eigenvalue weighted by Crippen LogP contribution is 2.39. The third-order valence-electron chi connectivity index (χ3n) is 3.26. The number of rotatable bonds is 3. The number of para-hydroxylation sites is 2. The minimum atomic E-state index is -0.670. The molecule has 0 saturated heterocycles. The number of amides is 1. The maximum atomic E-state index is 12.1. The second-order valence-corrected chi connectivity index (χ2v) is 5.40. The summed E-state index contributed by atoms with van der Waals surface area (Å²) in [6.07, 6.45) is 0. The fourth-order valence-corrected chi connectivity index (χ4v) is 2.92. The van der Waals surface area contributed by atoms with Crippen molar-refractivity contribution in [2.45, 2.75) is 6.04 Å². The van der Waals surface area contributed by atoms with Gasteiger partial charge in [0.25, 0.3) is 11.6 Å². The molecule has 0 spiro atoms. The Labute approximate surface area is 128 Å². The van der Waals surface area contributed by atoms with Gasteiger partial charge in [0, 0.05) is 21.8 Å². The number of halogens is 1. The molecule has 1 unspecified atom stereocenters. The first-order chi connectivity index (χ1) is 10.1. The maximum Gasteiger partial charge on any atom is 0.292 e. The molecule has 21 heavy (non-hydrogen) atoms. The van der Waals surface area contributed by atoms with Crippen LogP contribution in [0.3, 0.4) is 0 Å². The van der Waals surface area contributed by atoms with E-state index in [4.69, 9.17) is 0 Å². The molecule has 0 aliphatic carbocycles. The zero-order valence-electron chi connectivity index (χ0n) is 10.7. The van der Waals surface area contributed by atoms with Crippen LogP contribution in [-0.2, 0) is 4.79 Å². The maximum absolute atomic E-state index is 12.1. The summed E-state index contributed by atoms with van der Waals surface area (Å²) < 4.78 is 0.773. The zero-order chi connectivity index (χ0) is 15.0. The Kier molecular flexibility index (Phi) is 3.34. The standard InChI is InChI=1S/C14H10BrN3O3/c15-8-4-3-6-10-12(8)13(14(19)17-10)16-9-5-1-2-7-11(9)18(20)21/h1-7,13,16H,(H,17,19). The minimum Gasteiger partial charge on any atom is -0.364 e. The second kappa shape index (κ2) is 5.17. The SMILES string of the molecule is O=C1Nc2cccc(Br)c2C1Nc1ccccc1[N+](=O)[O-]. The first-order valence-electron chi connectivity index (χ1n) is 6.17. The predicted octanol–water partition coefficient (Wildman–Crippen LogP) is 3.46. The number of nitrogens with zero attached hydrogens (tertiary/aromatic N) is 1. The average molecular weight is 348 g/mol. The molecule has 0 fully saturated rings. The molecule has 7 heteroatoms. The van der Waals surface area contributed by atoms with Crippen LogP contribution in [0.2, 0.25) is 0 Å². The van der Waals surface area contributed by atoms with Crippen LogP contribution in [0.25, 0.3) is 0 Å². The normalized spacial score (nSPS) is 16.2. The lowest BCUT2D eigenvalue weighted by molar-refractivity contribution is -0.384. The summed E-state index contributed by atoms with van der Waals surface area (Å²) in [6.45, 7) is 0. The van der Waals surface area contributed by atoms with Crippen molar-refractivity contribution >= 4 is 38.9 Å². The van der Waals surface area contributed by atoms with Crippen LogP contribution in [0.1, 0.15) is 11.6 Å². The van der Waals surface area contributed by atoms with Gasteiger partial charge < -0.3 is 10.6 Å². The number of fused-ring (bicyclic) bond motifs is 1. The Hall–Kier alpha value is -2.41. The van der Waals surface area contributed by atoms with E-state index < -0.39 is 11.0 Å². The number of benzene rings is 2. The Balaban J connectivity index is 2.01. The summed E-state index contributed by atoms with van der Waals surface area (Å²) in [6, 6.07) is 11.0.